The van der Waals surface area contributed by atoms with E-state index in [-0.39, 0.29) is 11.8 Å². The summed E-state index contributed by atoms with van der Waals surface area (Å²) in [5, 5.41) is 7.38. The molecule has 7 heteroatoms. The maximum absolute atomic E-state index is 13.5. The summed E-state index contributed by atoms with van der Waals surface area (Å²) in [5.41, 5.74) is 4.58. The first kappa shape index (κ1) is 23.8. The fourth-order valence-corrected chi connectivity index (χ4v) is 3.85. The third-order valence-corrected chi connectivity index (χ3v) is 5.75. The quantitative estimate of drug-likeness (QED) is 0.420. The molecule has 7 nitrogen and oxygen atoms in total. The van der Waals surface area contributed by atoms with E-state index < -0.39 is 0 Å². The Balaban J connectivity index is 1.61. The van der Waals surface area contributed by atoms with E-state index >= 15 is 0 Å². The summed E-state index contributed by atoms with van der Waals surface area (Å²) < 4.78 is 7.08. The van der Waals surface area contributed by atoms with Crippen LogP contribution in [0.25, 0.3) is 11.3 Å². The van der Waals surface area contributed by atoms with Gasteiger partial charge in [0.25, 0.3) is 11.8 Å². The second-order valence-electron chi connectivity index (χ2n) is 8.24. The molecule has 0 saturated heterocycles. The maximum Gasteiger partial charge on any atom is 0.257 e. The molecule has 0 unspecified atom stereocenters. The molecule has 1 heterocycles. The van der Waals surface area contributed by atoms with E-state index in [4.69, 9.17) is 9.84 Å². The van der Waals surface area contributed by atoms with Gasteiger partial charge in [-0.1, -0.05) is 42.5 Å². The van der Waals surface area contributed by atoms with Crippen LogP contribution in [-0.2, 0) is 13.1 Å². The molecule has 0 spiro atoms. The average molecular weight is 469 g/mol. The smallest absolute Gasteiger partial charge is 0.257 e. The van der Waals surface area contributed by atoms with Gasteiger partial charge < -0.3 is 15.0 Å². The zero-order valence-corrected chi connectivity index (χ0v) is 20.1. The molecule has 178 valence electrons. The zero-order chi connectivity index (χ0) is 24.8. The second kappa shape index (κ2) is 10.7. The monoisotopic (exact) mass is 468 g/mol. The van der Waals surface area contributed by atoms with Crippen molar-refractivity contribution in [1.82, 2.24) is 20.0 Å². The molecule has 4 aromatic rings. The second-order valence-corrected chi connectivity index (χ2v) is 8.24. The third kappa shape index (κ3) is 5.58. The Bertz CT molecular complexity index is 1300. The number of carbonyl (C=O) groups excluding carboxylic acids is 2. The van der Waals surface area contributed by atoms with Crippen molar-refractivity contribution in [3.63, 3.8) is 0 Å². The molecule has 0 atom stereocenters. The van der Waals surface area contributed by atoms with Crippen molar-refractivity contribution in [2.75, 3.05) is 21.2 Å². The molecule has 1 N–H and O–H groups in total. The van der Waals surface area contributed by atoms with Gasteiger partial charge in [0, 0.05) is 38.0 Å². The van der Waals surface area contributed by atoms with Crippen LogP contribution in [0.4, 0.5) is 0 Å². The zero-order valence-electron chi connectivity index (χ0n) is 20.1. The molecule has 0 radical (unpaired) electrons. The van der Waals surface area contributed by atoms with Crippen molar-refractivity contribution in [1.29, 1.82) is 0 Å². The van der Waals surface area contributed by atoms with Crippen molar-refractivity contribution in [2.45, 2.75) is 13.1 Å². The highest BCUT2D eigenvalue weighted by atomic mass is 16.5. The maximum atomic E-state index is 13.5. The van der Waals surface area contributed by atoms with Crippen LogP contribution < -0.4 is 10.1 Å². The summed E-state index contributed by atoms with van der Waals surface area (Å²) in [5.74, 6) is 0.462. The predicted octanol–water partition coefficient (Wildman–Crippen LogP) is 4.24. The van der Waals surface area contributed by atoms with Gasteiger partial charge in [0.2, 0.25) is 0 Å². The standard InChI is InChI=1S/C28H28N4O3/c1-29-27(33)23-11-9-21(10-12-23)17-31(2)28(34)25-19-32(18-20-7-5-4-6-8-20)30-26(25)22-13-15-24(35-3)16-14-22/h4-16,19H,17-18H2,1-3H3,(H,29,33). The van der Waals surface area contributed by atoms with Gasteiger partial charge in [0.15, 0.2) is 0 Å². The minimum Gasteiger partial charge on any atom is -0.497 e. The topological polar surface area (TPSA) is 76.5 Å². The lowest BCUT2D eigenvalue weighted by Crippen LogP contribution is -2.26. The Morgan fingerprint density at radius 2 is 1.63 bits per heavy atom. The predicted molar refractivity (Wildman–Crippen MR) is 135 cm³/mol. The molecule has 0 aliphatic rings. The summed E-state index contributed by atoms with van der Waals surface area (Å²) in [7, 11) is 4.98. The molecule has 0 aliphatic carbocycles. The number of rotatable bonds is 8. The number of benzene rings is 3. The summed E-state index contributed by atoms with van der Waals surface area (Å²) >= 11 is 0. The van der Waals surface area contributed by atoms with E-state index in [1.807, 2.05) is 66.7 Å². The number of nitrogens with zero attached hydrogens (tertiary/aromatic N) is 3. The molecular weight excluding hydrogens is 440 g/mol. The Kier molecular flexibility index (Phi) is 7.26. The van der Waals surface area contributed by atoms with Crippen LogP contribution in [-0.4, -0.2) is 47.7 Å². The SMILES string of the molecule is CNC(=O)c1ccc(CN(C)C(=O)c2cn(Cc3ccccc3)nc2-c2ccc(OC)cc2)cc1. The number of hydrogen-bond acceptors (Lipinski definition) is 4. The van der Waals surface area contributed by atoms with E-state index in [0.717, 1.165) is 22.4 Å². The van der Waals surface area contributed by atoms with Crippen molar-refractivity contribution in [3.05, 3.63) is 107 Å². The number of aromatic nitrogens is 2. The Labute approximate surface area is 205 Å². The molecule has 0 saturated carbocycles. The minimum atomic E-state index is -0.143. The van der Waals surface area contributed by atoms with Crippen molar-refractivity contribution >= 4 is 11.8 Å². The molecule has 1 aromatic heterocycles. The van der Waals surface area contributed by atoms with E-state index in [9.17, 15) is 9.59 Å². The molecule has 2 amide bonds. The van der Waals surface area contributed by atoms with Gasteiger partial charge >= 0.3 is 0 Å². The minimum absolute atomic E-state index is 0.134. The van der Waals surface area contributed by atoms with Crippen LogP contribution >= 0.6 is 0 Å². The van der Waals surface area contributed by atoms with E-state index in [1.165, 1.54) is 0 Å². The largest absolute Gasteiger partial charge is 0.497 e. The van der Waals surface area contributed by atoms with Gasteiger partial charge in [-0.3, -0.25) is 14.3 Å². The lowest BCUT2D eigenvalue weighted by Gasteiger charge is -2.17. The van der Waals surface area contributed by atoms with Crippen LogP contribution in [0, 0.1) is 0 Å². The van der Waals surface area contributed by atoms with Gasteiger partial charge in [0.05, 0.1) is 19.2 Å². The molecule has 35 heavy (non-hydrogen) atoms. The van der Waals surface area contributed by atoms with Gasteiger partial charge in [-0.25, -0.2) is 0 Å². The number of nitrogens with one attached hydrogen (secondary N) is 1. The van der Waals surface area contributed by atoms with Crippen LogP contribution in [0.1, 0.15) is 31.8 Å². The molecular formula is C28H28N4O3. The summed E-state index contributed by atoms with van der Waals surface area (Å²) in [6, 6.07) is 24.8. The number of carbonyl (C=O) groups is 2. The highest BCUT2D eigenvalue weighted by Gasteiger charge is 2.21. The lowest BCUT2D eigenvalue weighted by molar-refractivity contribution is 0.0785. The van der Waals surface area contributed by atoms with Crippen molar-refractivity contribution < 1.29 is 14.3 Å². The fraction of sp³-hybridized carbons (Fsp3) is 0.179. The normalized spacial score (nSPS) is 10.6. The summed E-state index contributed by atoms with van der Waals surface area (Å²) in [6.07, 6.45) is 1.81. The lowest BCUT2D eigenvalue weighted by atomic mass is 10.1. The number of methoxy groups -OCH3 is 1. The summed E-state index contributed by atoms with van der Waals surface area (Å²) in [4.78, 5) is 27.0. The number of amides is 2. The highest BCUT2D eigenvalue weighted by molar-refractivity contribution is 5.99. The van der Waals surface area contributed by atoms with Crippen molar-refractivity contribution in [2.24, 2.45) is 0 Å². The van der Waals surface area contributed by atoms with Crippen LogP contribution in [0.5, 0.6) is 5.75 Å². The van der Waals surface area contributed by atoms with Gasteiger partial charge in [-0.05, 0) is 47.5 Å². The van der Waals surface area contributed by atoms with Crippen LogP contribution in [0.15, 0.2) is 85.1 Å². The summed E-state index contributed by atoms with van der Waals surface area (Å²) in [6.45, 7) is 0.959. The van der Waals surface area contributed by atoms with Crippen molar-refractivity contribution in [3.8, 4) is 17.0 Å². The molecule has 0 fully saturated rings. The number of hydrogen-bond donors (Lipinski definition) is 1. The first-order valence-electron chi connectivity index (χ1n) is 11.3. The first-order chi connectivity index (χ1) is 17.0. The first-order valence-corrected chi connectivity index (χ1v) is 11.3. The van der Waals surface area contributed by atoms with Crippen LogP contribution in [0.3, 0.4) is 0 Å². The Morgan fingerprint density at radius 1 is 0.943 bits per heavy atom. The molecule has 3 aromatic carbocycles. The molecule has 0 bridgehead atoms. The molecule has 0 aliphatic heterocycles. The Hall–Kier alpha value is -4.39. The highest BCUT2D eigenvalue weighted by Crippen LogP contribution is 2.26. The fourth-order valence-electron chi connectivity index (χ4n) is 3.85. The van der Waals surface area contributed by atoms with E-state index in [0.29, 0.717) is 29.9 Å². The third-order valence-electron chi connectivity index (χ3n) is 5.75. The number of ether oxygens (including phenoxy) is 1. The van der Waals surface area contributed by atoms with Gasteiger partial charge in [-0.15, -0.1) is 0 Å². The average Bonchev–Trinajstić information content (AvgIpc) is 3.32. The van der Waals surface area contributed by atoms with Crippen LogP contribution in [0.2, 0.25) is 0 Å². The van der Waals surface area contributed by atoms with E-state index in [1.54, 1.807) is 49.1 Å². The van der Waals surface area contributed by atoms with Gasteiger partial charge in [0.1, 0.15) is 11.4 Å². The van der Waals surface area contributed by atoms with E-state index in [2.05, 4.69) is 5.32 Å². The Morgan fingerprint density at radius 3 is 2.26 bits per heavy atom. The molecule has 4 rings (SSSR count). The van der Waals surface area contributed by atoms with Gasteiger partial charge in [-0.2, -0.15) is 5.10 Å².